The van der Waals surface area contributed by atoms with E-state index in [1.807, 2.05) is 0 Å². The molecule has 4 rings (SSSR count). The van der Waals surface area contributed by atoms with E-state index in [1.54, 1.807) is 0 Å². The van der Waals surface area contributed by atoms with Crippen molar-refractivity contribution in [3.63, 3.8) is 0 Å². The van der Waals surface area contributed by atoms with Crippen LogP contribution in [0.4, 0.5) is 0 Å². The first-order valence-electron chi connectivity index (χ1n) is 4.24. The van der Waals surface area contributed by atoms with Crippen molar-refractivity contribution < 1.29 is 0 Å². The van der Waals surface area contributed by atoms with Crippen LogP contribution >= 0.6 is 0 Å². The molecule has 4 aliphatic carbocycles. The molecule has 0 aromatic rings. The van der Waals surface area contributed by atoms with Crippen LogP contribution in [-0.2, 0) is 0 Å². The van der Waals surface area contributed by atoms with Crippen molar-refractivity contribution in [3.8, 4) is 0 Å². The average Bonchev–Trinajstić information content (AvgIpc) is 2.71. The summed E-state index contributed by atoms with van der Waals surface area (Å²) < 4.78 is 0. The second-order valence-electron chi connectivity index (χ2n) is 4.29. The molecule has 0 aromatic carbocycles. The fourth-order valence-electron chi connectivity index (χ4n) is 4.50. The molecule has 4 fully saturated rings. The Morgan fingerprint density at radius 3 is 1.56 bits per heavy atom. The van der Waals surface area contributed by atoms with Gasteiger partial charge in [0.05, 0.1) is 0 Å². The van der Waals surface area contributed by atoms with Gasteiger partial charge in [-0.25, -0.2) is 0 Å². The van der Waals surface area contributed by atoms with Crippen LogP contribution in [0, 0.1) is 22.2 Å². The summed E-state index contributed by atoms with van der Waals surface area (Å²) in [5, 5.41) is 0. The third-order valence-corrected chi connectivity index (χ3v) is 5.02. The summed E-state index contributed by atoms with van der Waals surface area (Å²) in [6.07, 6.45) is 2.92. The smallest absolute Gasteiger partial charge is 0.0133 e. The molecule has 4 aliphatic rings. The van der Waals surface area contributed by atoms with Crippen molar-refractivity contribution in [2.45, 2.75) is 33.6 Å². The van der Waals surface area contributed by atoms with Crippen molar-refractivity contribution in [2.24, 2.45) is 22.2 Å². The predicted octanol–water partition coefficient (Wildman–Crippen LogP) is 2.44. The van der Waals surface area contributed by atoms with Crippen LogP contribution in [0.25, 0.3) is 0 Å². The summed E-state index contributed by atoms with van der Waals surface area (Å²) in [6.45, 7) is 7.22. The molecule has 0 aliphatic heterocycles. The Labute approximate surface area is 56.6 Å². The van der Waals surface area contributed by atoms with E-state index in [4.69, 9.17) is 0 Å². The van der Waals surface area contributed by atoms with Crippen LogP contribution in [-0.4, -0.2) is 0 Å². The molecule has 4 saturated carbocycles. The fraction of sp³-hybridized carbons (Fsp3) is 1.00. The van der Waals surface area contributed by atoms with Gasteiger partial charge < -0.3 is 0 Å². The molecule has 0 saturated heterocycles. The van der Waals surface area contributed by atoms with Crippen LogP contribution < -0.4 is 0 Å². The van der Waals surface area contributed by atoms with Crippen molar-refractivity contribution >= 4 is 0 Å². The van der Waals surface area contributed by atoms with Gasteiger partial charge in [0.15, 0.2) is 0 Å². The number of hydrogen-bond acceptors (Lipinski definition) is 0. The molecule has 0 heteroatoms. The lowest BCUT2D eigenvalue weighted by atomic mass is 10.2. The summed E-state index contributed by atoms with van der Waals surface area (Å²) in [4.78, 5) is 0. The van der Waals surface area contributed by atoms with Crippen LogP contribution in [0.2, 0.25) is 0 Å². The molecule has 0 spiro atoms. The predicted molar refractivity (Wildman–Crippen MR) is 37.0 cm³/mol. The quantitative estimate of drug-likeness (QED) is 0.527. The highest BCUT2D eigenvalue weighted by Crippen LogP contribution is 3.27. The molecule has 2 atom stereocenters. The molecule has 50 valence electrons. The number of hydrogen-bond donors (Lipinski definition) is 0. The summed E-state index contributed by atoms with van der Waals surface area (Å²) in [7, 11) is 0. The van der Waals surface area contributed by atoms with Gasteiger partial charge >= 0.3 is 0 Å². The third-order valence-electron chi connectivity index (χ3n) is 5.02. The Morgan fingerprint density at radius 2 is 1.44 bits per heavy atom. The first-order chi connectivity index (χ1) is 4.24. The Hall–Kier alpha value is 0. The van der Waals surface area contributed by atoms with Crippen molar-refractivity contribution in [1.82, 2.24) is 0 Å². The minimum Gasteiger partial charge on any atom is -0.0648 e. The van der Waals surface area contributed by atoms with Gasteiger partial charge in [-0.1, -0.05) is 20.8 Å². The standard InChI is InChI=1S/C9H14/c1-4-8-6-7(8,3)9(6,8)5-2/h6H,4-5H2,1-3H3. The van der Waals surface area contributed by atoms with Crippen LogP contribution in [0.1, 0.15) is 33.6 Å². The zero-order chi connectivity index (χ0) is 6.49. The van der Waals surface area contributed by atoms with Gasteiger partial charge in [-0.3, -0.25) is 0 Å². The van der Waals surface area contributed by atoms with Gasteiger partial charge in [-0.2, -0.15) is 0 Å². The maximum Gasteiger partial charge on any atom is -0.0133 e. The number of rotatable bonds is 2. The van der Waals surface area contributed by atoms with E-state index in [0.29, 0.717) is 0 Å². The highest BCUT2D eigenvalue weighted by Gasteiger charge is 3.23. The van der Waals surface area contributed by atoms with Crippen LogP contribution in [0.15, 0.2) is 0 Å². The topological polar surface area (TPSA) is 0 Å². The van der Waals surface area contributed by atoms with Gasteiger partial charge in [0.1, 0.15) is 0 Å². The molecule has 0 N–H and O–H groups in total. The Balaban J connectivity index is 1.98. The van der Waals surface area contributed by atoms with E-state index >= 15 is 0 Å². The van der Waals surface area contributed by atoms with Gasteiger partial charge in [0.25, 0.3) is 0 Å². The van der Waals surface area contributed by atoms with Crippen LogP contribution in [0.3, 0.4) is 0 Å². The Bertz CT molecular complexity index is 188. The highest BCUT2D eigenvalue weighted by atomic mass is 15.3. The van der Waals surface area contributed by atoms with Crippen molar-refractivity contribution in [1.29, 1.82) is 0 Å². The molecule has 0 amide bonds. The molecule has 2 unspecified atom stereocenters. The minimum atomic E-state index is 0.892. The second-order valence-corrected chi connectivity index (χ2v) is 4.29. The van der Waals surface area contributed by atoms with Gasteiger partial charge in [-0.05, 0) is 35.0 Å². The Morgan fingerprint density at radius 1 is 1.11 bits per heavy atom. The summed E-state index contributed by atoms with van der Waals surface area (Å²) in [6, 6.07) is 0. The second kappa shape index (κ2) is 0.741. The van der Waals surface area contributed by atoms with Crippen molar-refractivity contribution in [3.05, 3.63) is 0 Å². The normalized spacial score (nSPS) is 79.7. The minimum absolute atomic E-state index is 0.892. The SMILES string of the molecule is CCC12C3C1(C)C32CC. The Kier molecular flexibility index (Phi) is 0.392. The van der Waals surface area contributed by atoms with E-state index < -0.39 is 0 Å². The highest BCUT2D eigenvalue weighted by molar-refractivity contribution is 5.69. The average molecular weight is 122 g/mol. The largest absolute Gasteiger partial charge is 0.0648 e. The molecular weight excluding hydrogens is 108 g/mol. The van der Waals surface area contributed by atoms with E-state index in [0.717, 1.165) is 16.2 Å². The van der Waals surface area contributed by atoms with E-state index in [-0.39, 0.29) is 0 Å². The monoisotopic (exact) mass is 122 g/mol. The van der Waals surface area contributed by atoms with Gasteiger partial charge in [0, 0.05) is 0 Å². The molecule has 0 nitrogen and oxygen atoms in total. The first kappa shape index (κ1) is 4.76. The molecule has 9 heavy (non-hydrogen) atoms. The lowest BCUT2D eigenvalue weighted by molar-refractivity contribution is 0.663. The summed E-state index contributed by atoms with van der Waals surface area (Å²) >= 11 is 0. The molecule has 0 radical (unpaired) electrons. The lowest BCUT2D eigenvalue weighted by Gasteiger charge is -1.83. The summed E-state index contributed by atoms with van der Waals surface area (Å²) in [5.74, 6) is 1.20. The first-order valence-corrected chi connectivity index (χ1v) is 4.24. The zero-order valence-electron chi connectivity index (χ0n) is 6.49. The zero-order valence-corrected chi connectivity index (χ0v) is 6.49. The van der Waals surface area contributed by atoms with Gasteiger partial charge in [0.2, 0.25) is 0 Å². The van der Waals surface area contributed by atoms with E-state index in [1.165, 1.54) is 18.8 Å². The maximum atomic E-state index is 2.49. The molecule has 0 bridgehead atoms. The van der Waals surface area contributed by atoms with Crippen LogP contribution in [0.5, 0.6) is 0 Å². The van der Waals surface area contributed by atoms with Crippen molar-refractivity contribution in [2.75, 3.05) is 0 Å². The van der Waals surface area contributed by atoms with E-state index in [9.17, 15) is 0 Å². The molecular formula is C9H14. The third kappa shape index (κ3) is 0.156. The fourth-order valence-corrected chi connectivity index (χ4v) is 4.50. The van der Waals surface area contributed by atoms with Gasteiger partial charge in [-0.15, -0.1) is 0 Å². The molecule has 0 heterocycles. The summed E-state index contributed by atoms with van der Waals surface area (Å²) in [5.41, 5.74) is 2.74. The maximum absolute atomic E-state index is 2.49. The lowest BCUT2D eigenvalue weighted by Crippen LogP contribution is -1.74. The van der Waals surface area contributed by atoms with E-state index in [2.05, 4.69) is 20.8 Å². The molecule has 0 aromatic heterocycles.